The van der Waals surface area contributed by atoms with Crippen molar-refractivity contribution in [2.45, 2.75) is 40.0 Å². The molecule has 2 nitrogen and oxygen atoms in total. The van der Waals surface area contributed by atoms with Gasteiger partial charge in [-0.25, -0.2) is 0 Å². The fourth-order valence-corrected chi connectivity index (χ4v) is 1.24. The smallest absolute Gasteiger partial charge is 0.129 e. The van der Waals surface area contributed by atoms with Crippen LogP contribution in [0.1, 0.15) is 40.0 Å². The zero-order valence-corrected chi connectivity index (χ0v) is 8.17. The molecule has 0 fully saturated rings. The van der Waals surface area contributed by atoms with Crippen LogP contribution in [0.15, 0.2) is 0 Å². The fraction of sp³-hybridized carbons (Fsp3) is 0.800. The lowest BCUT2D eigenvalue weighted by Gasteiger charge is -2.16. The number of Topliss-reactive ketones (excluding diaryl/α,β-unsaturated/α-hetero) is 1. The van der Waals surface area contributed by atoms with Gasteiger partial charge in [0.1, 0.15) is 12.1 Å². The van der Waals surface area contributed by atoms with Crippen molar-refractivity contribution >= 4 is 12.1 Å². The minimum absolute atomic E-state index is 0.214. The van der Waals surface area contributed by atoms with Gasteiger partial charge in [-0.15, -0.1) is 0 Å². The van der Waals surface area contributed by atoms with Crippen LogP contribution in [0.5, 0.6) is 0 Å². The topological polar surface area (TPSA) is 34.1 Å². The number of carbonyl (C=O) groups excluding carboxylic acids is 2. The maximum Gasteiger partial charge on any atom is 0.129 e. The average Bonchev–Trinajstić information content (AvgIpc) is 1.96. The predicted octanol–water partition coefficient (Wildman–Crippen LogP) is 2.22. The summed E-state index contributed by atoms with van der Waals surface area (Å²) in [5.74, 6) is 1.09. The highest BCUT2D eigenvalue weighted by atomic mass is 16.1. The molecule has 0 aromatic rings. The van der Waals surface area contributed by atoms with Crippen LogP contribution in [-0.4, -0.2) is 12.1 Å². The fourth-order valence-electron chi connectivity index (χ4n) is 1.24. The van der Waals surface area contributed by atoms with Crippen LogP contribution in [0.25, 0.3) is 0 Å². The maximum atomic E-state index is 10.7. The highest BCUT2D eigenvalue weighted by Crippen LogP contribution is 2.19. The minimum atomic E-state index is 0.214. The van der Waals surface area contributed by atoms with Gasteiger partial charge < -0.3 is 9.59 Å². The van der Waals surface area contributed by atoms with E-state index >= 15 is 0 Å². The van der Waals surface area contributed by atoms with Gasteiger partial charge in [0.05, 0.1) is 0 Å². The number of hydrogen-bond donors (Lipinski definition) is 0. The number of hydrogen-bond acceptors (Lipinski definition) is 2. The summed E-state index contributed by atoms with van der Waals surface area (Å²) in [6.07, 6.45) is 3.00. The summed E-state index contributed by atoms with van der Waals surface area (Å²) < 4.78 is 0. The van der Waals surface area contributed by atoms with E-state index < -0.39 is 0 Å². The van der Waals surface area contributed by atoms with Crippen LogP contribution < -0.4 is 0 Å². The monoisotopic (exact) mass is 170 g/mol. The SMILES string of the molecule is CC(=O)CCC(CC=O)C(C)C. The second-order valence-corrected chi connectivity index (χ2v) is 3.65. The molecule has 2 heteroatoms. The van der Waals surface area contributed by atoms with E-state index in [0.717, 1.165) is 12.7 Å². The van der Waals surface area contributed by atoms with E-state index in [4.69, 9.17) is 0 Å². The standard InChI is InChI=1S/C10H18O2/c1-8(2)10(6-7-11)5-4-9(3)12/h7-8,10H,4-6H2,1-3H3. The first-order valence-electron chi connectivity index (χ1n) is 4.51. The van der Waals surface area contributed by atoms with Crippen LogP contribution in [0, 0.1) is 11.8 Å². The zero-order valence-electron chi connectivity index (χ0n) is 8.17. The quantitative estimate of drug-likeness (QED) is 0.573. The van der Waals surface area contributed by atoms with Gasteiger partial charge >= 0.3 is 0 Å². The Kier molecular flexibility index (Phi) is 5.60. The molecule has 1 atom stereocenters. The Hall–Kier alpha value is -0.660. The van der Waals surface area contributed by atoms with Crippen molar-refractivity contribution in [3.63, 3.8) is 0 Å². The van der Waals surface area contributed by atoms with Crippen molar-refractivity contribution in [2.75, 3.05) is 0 Å². The third kappa shape index (κ3) is 5.05. The van der Waals surface area contributed by atoms with Crippen molar-refractivity contribution in [1.82, 2.24) is 0 Å². The van der Waals surface area contributed by atoms with Gasteiger partial charge in [0, 0.05) is 12.8 Å². The van der Waals surface area contributed by atoms with E-state index in [0.29, 0.717) is 24.7 Å². The Balaban J connectivity index is 3.78. The van der Waals surface area contributed by atoms with Crippen molar-refractivity contribution in [3.05, 3.63) is 0 Å². The molecule has 0 rings (SSSR count). The van der Waals surface area contributed by atoms with Gasteiger partial charge in [0.25, 0.3) is 0 Å². The van der Waals surface area contributed by atoms with Crippen molar-refractivity contribution in [2.24, 2.45) is 11.8 Å². The highest BCUT2D eigenvalue weighted by molar-refractivity contribution is 5.75. The molecule has 70 valence electrons. The van der Waals surface area contributed by atoms with E-state index in [1.165, 1.54) is 0 Å². The van der Waals surface area contributed by atoms with Gasteiger partial charge in [0.15, 0.2) is 0 Å². The summed E-state index contributed by atoms with van der Waals surface area (Å²) in [6.45, 7) is 5.78. The summed E-state index contributed by atoms with van der Waals surface area (Å²) in [7, 11) is 0. The van der Waals surface area contributed by atoms with Crippen LogP contribution in [0.2, 0.25) is 0 Å². The van der Waals surface area contributed by atoms with E-state index in [-0.39, 0.29) is 5.78 Å². The molecule has 0 aliphatic carbocycles. The second kappa shape index (κ2) is 5.92. The average molecular weight is 170 g/mol. The largest absolute Gasteiger partial charge is 0.303 e. The van der Waals surface area contributed by atoms with Gasteiger partial charge in [-0.2, -0.15) is 0 Å². The summed E-state index contributed by atoms with van der Waals surface area (Å²) in [4.78, 5) is 21.0. The van der Waals surface area contributed by atoms with E-state index in [9.17, 15) is 9.59 Å². The molecule has 0 saturated carbocycles. The Bertz CT molecular complexity index is 150. The summed E-state index contributed by atoms with van der Waals surface area (Å²) in [5.41, 5.74) is 0. The number of rotatable bonds is 6. The highest BCUT2D eigenvalue weighted by Gasteiger charge is 2.12. The van der Waals surface area contributed by atoms with E-state index in [1.54, 1.807) is 6.92 Å². The summed E-state index contributed by atoms with van der Waals surface area (Å²) in [6, 6.07) is 0. The molecule has 0 aliphatic rings. The Morgan fingerprint density at radius 1 is 1.42 bits per heavy atom. The second-order valence-electron chi connectivity index (χ2n) is 3.65. The predicted molar refractivity (Wildman–Crippen MR) is 48.9 cm³/mol. The Labute approximate surface area is 74.3 Å². The van der Waals surface area contributed by atoms with Crippen molar-refractivity contribution in [1.29, 1.82) is 0 Å². The van der Waals surface area contributed by atoms with E-state index in [2.05, 4.69) is 13.8 Å². The maximum absolute atomic E-state index is 10.7. The molecule has 0 aromatic carbocycles. The minimum Gasteiger partial charge on any atom is -0.303 e. The first-order valence-corrected chi connectivity index (χ1v) is 4.51. The molecular formula is C10H18O2. The molecule has 0 saturated heterocycles. The van der Waals surface area contributed by atoms with E-state index in [1.807, 2.05) is 0 Å². The molecule has 1 unspecified atom stereocenters. The third-order valence-corrected chi connectivity index (χ3v) is 2.21. The lowest BCUT2D eigenvalue weighted by atomic mass is 9.88. The van der Waals surface area contributed by atoms with Gasteiger partial charge in [0.2, 0.25) is 0 Å². The van der Waals surface area contributed by atoms with Crippen LogP contribution in [0.3, 0.4) is 0 Å². The van der Waals surface area contributed by atoms with Gasteiger partial charge in [-0.05, 0) is 25.2 Å². The first-order chi connectivity index (χ1) is 5.57. The lowest BCUT2D eigenvalue weighted by Crippen LogP contribution is -2.10. The molecule has 0 heterocycles. The number of ketones is 1. The van der Waals surface area contributed by atoms with Crippen LogP contribution >= 0.6 is 0 Å². The number of aldehydes is 1. The molecule has 0 radical (unpaired) electrons. The Morgan fingerprint density at radius 2 is 2.00 bits per heavy atom. The molecule has 0 spiro atoms. The first kappa shape index (κ1) is 11.3. The van der Waals surface area contributed by atoms with Crippen LogP contribution in [0.4, 0.5) is 0 Å². The molecule has 0 aliphatic heterocycles. The molecular weight excluding hydrogens is 152 g/mol. The molecule has 0 amide bonds. The number of carbonyl (C=O) groups is 2. The van der Waals surface area contributed by atoms with Crippen molar-refractivity contribution < 1.29 is 9.59 Å². The third-order valence-electron chi connectivity index (χ3n) is 2.21. The molecule has 12 heavy (non-hydrogen) atoms. The van der Waals surface area contributed by atoms with Gasteiger partial charge in [-0.3, -0.25) is 0 Å². The lowest BCUT2D eigenvalue weighted by molar-refractivity contribution is -0.117. The van der Waals surface area contributed by atoms with Crippen molar-refractivity contribution in [3.8, 4) is 0 Å². The molecule has 0 N–H and O–H groups in total. The van der Waals surface area contributed by atoms with Gasteiger partial charge in [-0.1, -0.05) is 13.8 Å². The molecule has 0 aromatic heterocycles. The Morgan fingerprint density at radius 3 is 2.33 bits per heavy atom. The zero-order chi connectivity index (χ0) is 9.56. The summed E-state index contributed by atoms with van der Waals surface area (Å²) in [5, 5.41) is 0. The summed E-state index contributed by atoms with van der Waals surface area (Å²) >= 11 is 0. The molecule has 0 bridgehead atoms. The van der Waals surface area contributed by atoms with Crippen LogP contribution in [-0.2, 0) is 9.59 Å². The normalized spacial score (nSPS) is 13.0.